The van der Waals surface area contributed by atoms with Crippen molar-refractivity contribution in [3.63, 3.8) is 0 Å². The van der Waals surface area contributed by atoms with Crippen molar-refractivity contribution in [2.24, 2.45) is 0 Å². The van der Waals surface area contributed by atoms with Gasteiger partial charge in [-0.2, -0.15) is 0 Å². The van der Waals surface area contributed by atoms with Crippen LogP contribution in [0.25, 0.3) is 0 Å². The van der Waals surface area contributed by atoms with Gasteiger partial charge >= 0.3 is 0 Å². The maximum atomic E-state index is 11.9. The van der Waals surface area contributed by atoms with Crippen LogP contribution >= 0.6 is 0 Å². The van der Waals surface area contributed by atoms with E-state index in [9.17, 15) is 4.21 Å². The Labute approximate surface area is 105 Å². The van der Waals surface area contributed by atoms with E-state index in [1.54, 1.807) is 13.2 Å². The minimum atomic E-state index is -1.11. The summed E-state index contributed by atoms with van der Waals surface area (Å²) in [6.07, 6.45) is 0. The molecule has 0 radical (unpaired) electrons. The van der Waals surface area contributed by atoms with Gasteiger partial charge in [-0.15, -0.1) is 0 Å². The Morgan fingerprint density at radius 2 is 2.06 bits per heavy atom. The van der Waals surface area contributed by atoms with Crippen LogP contribution < -0.4 is 9.46 Å². The molecule has 1 N–H and O–H groups in total. The molecule has 2 unspecified atom stereocenters. The fourth-order valence-electron chi connectivity index (χ4n) is 1.18. The molecule has 1 aromatic rings. The standard InChI is InChI=1S/C12H20N2O2S/c1-9(14-17(15)12(2,3)4)10-7-6-8-11(13-10)16-5/h6-9,14H,1-5H3. The summed E-state index contributed by atoms with van der Waals surface area (Å²) in [6, 6.07) is 5.47. The van der Waals surface area contributed by atoms with E-state index >= 15 is 0 Å². The van der Waals surface area contributed by atoms with Crippen molar-refractivity contribution in [1.29, 1.82) is 0 Å². The molecule has 17 heavy (non-hydrogen) atoms. The van der Waals surface area contributed by atoms with E-state index in [1.807, 2.05) is 39.8 Å². The maximum absolute atomic E-state index is 11.9. The Hall–Kier alpha value is -0.940. The fourth-order valence-corrected chi connectivity index (χ4v) is 1.98. The second-order valence-corrected chi connectivity index (χ2v) is 6.82. The number of rotatable bonds is 4. The third kappa shape index (κ3) is 4.09. The largest absolute Gasteiger partial charge is 0.481 e. The Morgan fingerprint density at radius 1 is 1.41 bits per heavy atom. The molecule has 1 heterocycles. The van der Waals surface area contributed by atoms with Gasteiger partial charge < -0.3 is 4.74 Å². The molecule has 1 rings (SSSR count). The van der Waals surface area contributed by atoms with Gasteiger partial charge in [-0.3, -0.25) is 0 Å². The summed E-state index contributed by atoms with van der Waals surface area (Å²) in [7, 11) is 0.474. The Kier molecular flexibility index (Phi) is 4.65. The van der Waals surface area contributed by atoms with E-state index in [0.29, 0.717) is 5.88 Å². The minimum Gasteiger partial charge on any atom is -0.481 e. The van der Waals surface area contributed by atoms with E-state index in [1.165, 1.54) is 0 Å². The number of nitrogens with zero attached hydrogens (tertiary/aromatic N) is 1. The Bertz CT molecular complexity index is 402. The second kappa shape index (κ2) is 5.60. The van der Waals surface area contributed by atoms with Crippen molar-refractivity contribution < 1.29 is 8.95 Å². The smallest absolute Gasteiger partial charge is 0.213 e. The zero-order chi connectivity index (χ0) is 13.1. The molecule has 96 valence electrons. The summed E-state index contributed by atoms with van der Waals surface area (Å²) in [5.41, 5.74) is 0.821. The van der Waals surface area contributed by atoms with E-state index in [2.05, 4.69) is 9.71 Å². The predicted octanol–water partition coefficient (Wildman–Crippen LogP) is 2.20. The van der Waals surface area contributed by atoms with Crippen molar-refractivity contribution in [3.05, 3.63) is 23.9 Å². The van der Waals surface area contributed by atoms with Crippen LogP contribution in [-0.2, 0) is 11.0 Å². The minimum absolute atomic E-state index is 0.0786. The van der Waals surface area contributed by atoms with Gasteiger partial charge in [0.15, 0.2) is 0 Å². The van der Waals surface area contributed by atoms with Gasteiger partial charge in [-0.05, 0) is 33.8 Å². The van der Waals surface area contributed by atoms with E-state index < -0.39 is 11.0 Å². The summed E-state index contributed by atoms with van der Waals surface area (Å²) in [5.74, 6) is 0.567. The highest BCUT2D eigenvalue weighted by atomic mass is 32.2. The Morgan fingerprint density at radius 3 is 2.59 bits per heavy atom. The third-order valence-electron chi connectivity index (χ3n) is 2.24. The first-order valence-corrected chi connectivity index (χ1v) is 6.68. The average Bonchev–Trinajstić information content (AvgIpc) is 2.27. The van der Waals surface area contributed by atoms with Crippen molar-refractivity contribution in [2.75, 3.05) is 7.11 Å². The van der Waals surface area contributed by atoms with Crippen molar-refractivity contribution >= 4 is 11.0 Å². The monoisotopic (exact) mass is 256 g/mol. The van der Waals surface area contributed by atoms with Crippen LogP contribution in [0.15, 0.2) is 18.2 Å². The molecular weight excluding hydrogens is 236 g/mol. The summed E-state index contributed by atoms with van der Waals surface area (Å²) in [6.45, 7) is 7.73. The number of pyridine rings is 1. The highest BCUT2D eigenvalue weighted by Crippen LogP contribution is 2.17. The molecule has 0 amide bonds. The van der Waals surface area contributed by atoms with Crippen LogP contribution in [0.4, 0.5) is 0 Å². The molecule has 0 spiro atoms. The first-order chi connectivity index (χ1) is 7.84. The highest BCUT2D eigenvalue weighted by Gasteiger charge is 2.22. The second-order valence-electron chi connectivity index (χ2n) is 4.83. The van der Waals surface area contributed by atoms with Crippen LogP contribution in [-0.4, -0.2) is 21.0 Å². The molecule has 0 aromatic carbocycles. The quantitative estimate of drug-likeness (QED) is 0.898. The van der Waals surface area contributed by atoms with Crippen LogP contribution in [0.1, 0.15) is 39.4 Å². The maximum Gasteiger partial charge on any atom is 0.213 e. The van der Waals surface area contributed by atoms with Crippen molar-refractivity contribution in [3.8, 4) is 5.88 Å². The van der Waals surface area contributed by atoms with Crippen molar-refractivity contribution in [2.45, 2.75) is 38.5 Å². The predicted molar refractivity (Wildman–Crippen MR) is 70.2 cm³/mol. The zero-order valence-electron chi connectivity index (χ0n) is 11.0. The zero-order valence-corrected chi connectivity index (χ0v) is 11.8. The normalized spacial score (nSPS) is 15.4. The average molecular weight is 256 g/mol. The third-order valence-corrected chi connectivity index (χ3v) is 3.92. The molecule has 0 aliphatic heterocycles. The fraction of sp³-hybridized carbons (Fsp3) is 0.583. The lowest BCUT2D eigenvalue weighted by molar-refractivity contribution is 0.395. The summed E-state index contributed by atoms with van der Waals surface area (Å²) >= 11 is 0. The van der Waals surface area contributed by atoms with E-state index in [4.69, 9.17) is 4.74 Å². The SMILES string of the molecule is COc1cccc(C(C)NS(=O)C(C)(C)C)n1. The van der Waals surface area contributed by atoms with Gasteiger partial charge in [0.25, 0.3) is 0 Å². The van der Waals surface area contributed by atoms with E-state index in [0.717, 1.165) is 5.69 Å². The lowest BCUT2D eigenvalue weighted by atomic mass is 10.2. The number of hydrogen-bond donors (Lipinski definition) is 1. The molecule has 0 aliphatic carbocycles. The lowest BCUT2D eigenvalue weighted by Gasteiger charge is -2.21. The number of ether oxygens (including phenoxy) is 1. The number of aromatic nitrogens is 1. The molecular formula is C12H20N2O2S. The number of hydrogen-bond acceptors (Lipinski definition) is 3. The van der Waals surface area contributed by atoms with Gasteiger partial charge in [0.1, 0.15) is 0 Å². The molecule has 0 saturated heterocycles. The van der Waals surface area contributed by atoms with Gasteiger partial charge in [0, 0.05) is 6.07 Å². The van der Waals surface area contributed by atoms with Crippen molar-refractivity contribution in [1.82, 2.24) is 9.71 Å². The number of methoxy groups -OCH3 is 1. The summed E-state index contributed by atoms with van der Waals surface area (Å²) < 4.78 is 19.8. The molecule has 0 saturated carbocycles. The van der Waals surface area contributed by atoms with Crippen LogP contribution in [0, 0.1) is 0 Å². The summed E-state index contributed by atoms with van der Waals surface area (Å²) in [5, 5.41) is 0. The highest BCUT2D eigenvalue weighted by molar-refractivity contribution is 7.84. The Balaban J connectivity index is 2.76. The van der Waals surface area contributed by atoms with Gasteiger partial charge in [0.2, 0.25) is 5.88 Å². The molecule has 0 fully saturated rings. The molecule has 5 heteroatoms. The molecule has 0 bridgehead atoms. The first kappa shape index (κ1) is 14.1. The van der Waals surface area contributed by atoms with E-state index in [-0.39, 0.29) is 10.8 Å². The molecule has 1 aromatic heterocycles. The first-order valence-electron chi connectivity index (χ1n) is 5.53. The van der Waals surface area contributed by atoms with Gasteiger partial charge in [-0.25, -0.2) is 13.9 Å². The van der Waals surface area contributed by atoms with Crippen LogP contribution in [0.5, 0.6) is 5.88 Å². The molecule has 2 atom stereocenters. The van der Waals surface area contributed by atoms with Crippen LogP contribution in [0.2, 0.25) is 0 Å². The summed E-state index contributed by atoms with van der Waals surface area (Å²) in [4.78, 5) is 4.31. The van der Waals surface area contributed by atoms with Gasteiger partial charge in [0.05, 0.1) is 34.6 Å². The molecule has 0 aliphatic rings. The topological polar surface area (TPSA) is 51.2 Å². The number of nitrogens with one attached hydrogen (secondary N) is 1. The molecule has 4 nitrogen and oxygen atoms in total. The lowest BCUT2D eigenvalue weighted by Crippen LogP contribution is -2.35. The van der Waals surface area contributed by atoms with Crippen LogP contribution in [0.3, 0.4) is 0 Å². The van der Waals surface area contributed by atoms with Gasteiger partial charge in [-0.1, -0.05) is 6.07 Å².